The van der Waals surface area contributed by atoms with E-state index in [1.165, 1.54) is 6.42 Å². The van der Waals surface area contributed by atoms with Crippen LogP contribution in [-0.2, 0) is 15.5 Å². The van der Waals surface area contributed by atoms with Crippen molar-refractivity contribution in [2.24, 2.45) is 5.92 Å². The molecule has 15 heavy (non-hydrogen) atoms. The molecule has 0 aliphatic carbocycles. The smallest absolute Gasteiger partial charge is 0.0742 e. The van der Waals surface area contributed by atoms with Gasteiger partial charge < -0.3 is 9.84 Å². The molecule has 0 amide bonds. The van der Waals surface area contributed by atoms with Gasteiger partial charge in [0, 0.05) is 27.2 Å². The Kier molecular flexibility index (Phi) is 2.41. The molecule has 0 aromatic rings. The first kappa shape index (κ1) is 10.2. The van der Waals surface area contributed by atoms with Crippen LogP contribution in [0.25, 0.3) is 0 Å². The molecule has 0 aromatic heterocycles. The predicted octanol–water partition coefficient (Wildman–Crippen LogP) is 0.828. The lowest BCUT2D eigenvalue weighted by molar-refractivity contribution is -0.156. The lowest BCUT2D eigenvalue weighted by Crippen LogP contribution is -2.57. The van der Waals surface area contributed by atoms with E-state index in [0.29, 0.717) is 19.1 Å². The zero-order valence-corrected chi connectivity index (χ0v) is 9.67. The van der Waals surface area contributed by atoms with Gasteiger partial charge in [-0.3, -0.25) is 4.21 Å². The first-order valence-corrected chi connectivity index (χ1v) is 7.16. The van der Waals surface area contributed by atoms with E-state index in [1.54, 1.807) is 0 Å². The number of fused-ring (bicyclic) bond motifs is 2. The molecule has 2 unspecified atom stereocenters. The van der Waals surface area contributed by atoms with Gasteiger partial charge in [-0.1, -0.05) is 6.42 Å². The van der Waals surface area contributed by atoms with Crippen LogP contribution in [0.4, 0.5) is 0 Å². The predicted molar refractivity (Wildman–Crippen MR) is 58.1 cm³/mol. The highest BCUT2D eigenvalue weighted by atomic mass is 32.2. The summed E-state index contributed by atoms with van der Waals surface area (Å²) >= 11 is 0. The molecule has 0 radical (unpaired) electrons. The fraction of sp³-hybridized carbons (Fsp3) is 1.00. The molecule has 2 atom stereocenters. The summed E-state index contributed by atoms with van der Waals surface area (Å²) in [6.07, 6.45) is 4.75. The van der Waals surface area contributed by atoms with Gasteiger partial charge in [-0.15, -0.1) is 0 Å². The molecular weight excluding hydrogens is 212 g/mol. The first-order valence-electron chi connectivity index (χ1n) is 5.88. The zero-order chi connectivity index (χ0) is 10.5. The minimum atomic E-state index is -0.678. The molecule has 0 saturated carbocycles. The second-order valence-electron chi connectivity index (χ2n) is 5.25. The van der Waals surface area contributed by atoms with Gasteiger partial charge in [0.1, 0.15) is 0 Å². The molecule has 3 saturated heterocycles. The molecule has 3 heterocycles. The number of aliphatic hydroxyl groups is 1. The lowest BCUT2D eigenvalue weighted by atomic mass is 9.76. The third-order valence-corrected chi connectivity index (χ3v) is 6.39. The van der Waals surface area contributed by atoms with Crippen LogP contribution in [0.2, 0.25) is 0 Å². The average molecular weight is 230 g/mol. The molecule has 2 bridgehead atoms. The molecule has 3 aliphatic heterocycles. The molecule has 3 aliphatic rings. The Morgan fingerprint density at radius 3 is 2.27 bits per heavy atom. The van der Waals surface area contributed by atoms with E-state index in [-0.39, 0.29) is 10.5 Å². The quantitative estimate of drug-likeness (QED) is 0.725. The Morgan fingerprint density at radius 1 is 1.20 bits per heavy atom. The second kappa shape index (κ2) is 3.54. The van der Waals surface area contributed by atoms with Crippen molar-refractivity contribution in [3.8, 4) is 0 Å². The standard InChI is InChI=1S/C11H18O3S/c12-11(8-6-14-7-8)4-9-2-1-3-10(5-11)15(9)13/h8-10,12H,1-7H2. The Bertz CT molecular complexity index is 272. The van der Waals surface area contributed by atoms with E-state index in [1.807, 2.05) is 0 Å². The van der Waals surface area contributed by atoms with E-state index < -0.39 is 16.4 Å². The van der Waals surface area contributed by atoms with Gasteiger partial charge in [0.05, 0.1) is 18.8 Å². The van der Waals surface area contributed by atoms with Crippen LogP contribution >= 0.6 is 0 Å². The lowest BCUT2D eigenvalue weighted by Gasteiger charge is -2.49. The third-order valence-electron chi connectivity index (χ3n) is 4.27. The molecule has 3 rings (SSSR count). The summed E-state index contributed by atoms with van der Waals surface area (Å²) in [6, 6.07) is 0. The largest absolute Gasteiger partial charge is 0.389 e. The minimum absolute atomic E-state index is 0.253. The molecule has 3 fully saturated rings. The summed E-state index contributed by atoms with van der Waals surface area (Å²) in [5.74, 6) is 0.304. The molecule has 4 heteroatoms. The maximum Gasteiger partial charge on any atom is 0.0742 e. The van der Waals surface area contributed by atoms with Gasteiger partial charge in [0.2, 0.25) is 0 Å². The van der Waals surface area contributed by atoms with Gasteiger partial charge in [0.25, 0.3) is 0 Å². The van der Waals surface area contributed by atoms with Gasteiger partial charge in [-0.05, 0) is 25.7 Å². The maximum absolute atomic E-state index is 12.0. The highest BCUT2D eigenvalue weighted by Crippen LogP contribution is 2.44. The van der Waals surface area contributed by atoms with E-state index in [4.69, 9.17) is 4.74 Å². The van der Waals surface area contributed by atoms with Gasteiger partial charge >= 0.3 is 0 Å². The van der Waals surface area contributed by atoms with Gasteiger partial charge in [-0.2, -0.15) is 0 Å². The monoisotopic (exact) mass is 230 g/mol. The summed E-state index contributed by atoms with van der Waals surface area (Å²) < 4.78 is 17.2. The van der Waals surface area contributed by atoms with E-state index in [2.05, 4.69) is 0 Å². The Labute approximate surface area is 92.7 Å². The molecule has 3 nitrogen and oxygen atoms in total. The van der Waals surface area contributed by atoms with Crippen LogP contribution < -0.4 is 0 Å². The van der Waals surface area contributed by atoms with Crippen molar-refractivity contribution in [1.82, 2.24) is 0 Å². The van der Waals surface area contributed by atoms with Crippen LogP contribution in [0, 0.1) is 5.92 Å². The first-order chi connectivity index (χ1) is 7.19. The van der Waals surface area contributed by atoms with Crippen LogP contribution in [0.15, 0.2) is 0 Å². The summed E-state index contributed by atoms with van der Waals surface area (Å²) in [5, 5.41) is 11.1. The summed E-state index contributed by atoms with van der Waals surface area (Å²) in [4.78, 5) is 0. The van der Waals surface area contributed by atoms with Crippen molar-refractivity contribution in [3.63, 3.8) is 0 Å². The number of hydrogen-bond donors (Lipinski definition) is 1. The molecular formula is C11H18O3S. The van der Waals surface area contributed by atoms with Crippen LogP contribution in [0.1, 0.15) is 32.1 Å². The Balaban J connectivity index is 1.80. The second-order valence-corrected chi connectivity index (χ2v) is 7.24. The van der Waals surface area contributed by atoms with Gasteiger partial charge in [0.15, 0.2) is 0 Å². The van der Waals surface area contributed by atoms with E-state index in [9.17, 15) is 9.32 Å². The minimum Gasteiger partial charge on any atom is -0.389 e. The molecule has 0 aromatic carbocycles. The normalized spacial score (nSPS) is 51.1. The van der Waals surface area contributed by atoms with Crippen molar-refractivity contribution >= 4 is 10.8 Å². The fourth-order valence-electron chi connectivity index (χ4n) is 3.20. The van der Waals surface area contributed by atoms with E-state index >= 15 is 0 Å². The van der Waals surface area contributed by atoms with Crippen LogP contribution in [0.3, 0.4) is 0 Å². The maximum atomic E-state index is 12.0. The van der Waals surface area contributed by atoms with Crippen molar-refractivity contribution in [1.29, 1.82) is 0 Å². The zero-order valence-electron chi connectivity index (χ0n) is 8.85. The highest BCUT2D eigenvalue weighted by Gasteiger charge is 2.51. The van der Waals surface area contributed by atoms with Crippen molar-refractivity contribution < 1.29 is 14.1 Å². The van der Waals surface area contributed by atoms with Crippen molar-refractivity contribution in [3.05, 3.63) is 0 Å². The number of rotatable bonds is 1. The van der Waals surface area contributed by atoms with Gasteiger partial charge in [-0.25, -0.2) is 0 Å². The Morgan fingerprint density at radius 2 is 1.80 bits per heavy atom. The third kappa shape index (κ3) is 1.58. The summed E-state index contributed by atoms with van der Waals surface area (Å²) in [6.45, 7) is 1.39. The molecule has 86 valence electrons. The SMILES string of the molecule is O=S1C2CCCC1CC(O)(C1COC1)C2. The topological polar surface area (TPSA) is 46.5 Å². The molecule has 1 N–H and O–H groups in total. The number of ether oxygens (including phenoxy) is 1. The highest BCUT2D eigenvalue weighted by molar-refractivity contribution is 7.86. The van der Waals surface area contributed by atoms with Crippen molar-refractivity contribution in [2.45, 2.75) is 48.2 Å². The number of hydrogen-bond acceptors (Lipinski definition) is 3. The van der Waals surface area contributed by atoms with Crippen LogP contribution in [-0.4, -0.2) is 38.6 Å². The average Bonchev–Trinajstić information content (AvgIpc) is 2.04. The van der Waals surface area contributed by atoms with Crippen molar-refractivity contribution in [2.75, 3.05) is 13.2 Å². The van der Waals surface area contributed by atoms with E-state index in [0.717, 1.165) is 25.7 Å². The van der Waals surface area contributed by atoms with Crippen LogP contribution in [0.5, 0.6) is 0 Å². The summed E-state index contributed by atoms with van der Waals surface area (Å²) in [5.41, 5.74) is -0.568. The Hall–Kier alpha value is 0.0700. The molecule has 0 spiro atoms. The fourth-order valence-corrected chi connectivity index (χ4v) is 5.45. The summed E-state index contributed by atoms with van der Waals surface area (Å²) in [7, 11) is -0.678.